The fourth-order valence-electron chi connectivity index (χ4n) is 1.52. The van der Waals surface area contributed by atoms with Gasteiger partial charge < -0.3 is 9.47 Å². The maximum absolute atomic E-state index is 5.82. The van der Waals surface area contributed by atoms with Crippen molar-refractivity contribution in [3.8, 4) is 5.75 Å². The van der Waals surface area contributed by atoms with E-state index in [1.54, 1.807) is 0 Å². The Labute approximate surface area is 112 Å². The molecule has 94 valence electrons. The van der Waals surface area contributed by atoms with E-state index in [0.717, 1.165) is 16.3 Å². The number of hydrogen-bond donors (Lipinski definition) is 0. The molecular formula is C15H15ClO2. The van der Waals surface area contributed by atoms with Gasteiger partial charge >= 0.3 is 0 Å². The lowest BCUT2D eigenvalue weighted by Crippen LogP contribution is -2.15. The normalized spacial score (nSPS) is 12.1. The van der Waals surface area contributed by atoms with Crippen molar-refractivity contribution in [3.05, 3.63) is 65.2 Å². The Balaban J connectivity index is 1.81. The Hall–Kier alpha value is -1.51. The van der Waals surface area contributed by atoms with Crippen molar-refractivity contribution in [2.45, 2.75) is 19.8 Å². The molecule has 0 aromatic heterocycles. The number of ether oxygens (including phenoxy) is 2. The second kappa shape index (κ2) is 6.43. The van der Waals surface area contributed by atoms with Crippen LogP contribution in [0.5, 0.6) is 5.75 Å². The van der Waals surface area contributed by atoms with Gasteiger partial charge in [0.15, 0.2) is 6.29 Å². The molecule has 0 heterocycles. The summed E-state index contributed by atoms with van der Waals surface area (Å²) in [4.78, 5) is 0. The highest BCUT2D eigenvalue weighted by atomic mass is 35.5. The van der Waals surface area contributed by atoms with Gasteiger partial charge in [-0.15, -0.1) is 0 Å². The van der Waals surface area contributed by atoms with Crippen LogP contribution < -0.4 is 4.74 Å². The molecule has 18 heavy (non-hydrogen) atoms. The third kappa shape index (κ3) is 4.06. The third-order valence-corrected chi connectivity index (χ3v) is 2.70. The van der Waals surface area contributed by atoms with Crippen molar-refractivity contribution in [3.63, 3.8) is 0 Å². The van der Waals surface area contributed by atoms with Gasteiger partial charge in [-0.3, -0.25) is 0 Å². The van der Waals surface area contributed by atoms with Crippen LogP contribution in [-0.4, -0.2) is 6.29 Å². The van der Waals surface area contributed by atoms with Crippen molar-refractivity contribution >= 4 is 11.6 Å². The summed E-state index contributed by atoms with van der Waals surface area (Å²) in [7, 11) is 0. The Morgan fingerprint density at radius 1 is 1.00 bits per heavy atom. The zero-order chi connectivity index (χ0) is 12.8. The molecule has 0 spiro atoms. The van der Waals surface area contributed by atoms with Crippen molar-refractivity contribution in [1.82, 2.24) is 0 Å². The van der Waals surface area contributed by atoms with Gasteiger partial charge in [0.05, 0.1) is 6.61 Å². The molecule has 1 atom stereocenters. The maximum atomic E-state index is 5.82. The molecule has 0 aliphatic heterocycles. The standard InChI is InChI=1S/C15H15ClO2/c1-12(18-15-5-3-2-4-6-15)17-11-13-7-9-14(16)10-8-13/h2-10,12H,11H2,1H3. The van der Waals surface area contributed by atoms with Gasteiger partial charge in [0.1, 0.15) is 5.75 Å². The monoisotopic (exact) mass is 262 g/mol. The predicted octanol–water partition coefficient (Wildman–Crippen LogP) is 4.28. The molecule has 0 bridgehead atoms. The van der Waals surface area contributed by atoms with Crippen molar-refractivity contribution in [2.75, 3.05) is 0 Å². The Bertz CT molecular complexity index is 468. The van der Waals surface area contributed by atoms with E-state index in [1.807, 2.05) is 61.5 Å². The summed E-state index contributed by atoms with van der Waals surface area (Å²) < 4.78 is 11.2. The second-order valence-electron chi connectivity index (χ2n) is 3.94. The molecule has 2 aromatic carbocycles. The molecular weight excluding hydrogens is 248 g/mol. The number of rotatable bonds is 5. The summed E-state index contributed by atoms with van der Waals surface area (Å²) >= 11 is 5.82. The number of para-hydroxylation sites is 1. The lowest BCUT2D eigenvalue weighted by molar-refractivity contribution is -0.0759. The lowest BCUT2D eigenvalue weighted by atomic mass is 10.2. The smallest absolute Gasteiger partial charge is 0.197 e. The third-order valence-electron chi connectivity index (χ3n) is 2.44. The molecule has 3 heteroatoms. The first-order chi connectivity index (χ1) is 8.74. The molecule has 2 aromatic rings. The van der Waals surface area contributed by atoms with Crippen LogP contribution in [0.4, 0.5) is 0 Å². The fraction of sp³-hybridized carbons (Fsp3) is 0.200. The molecule has 0 amide bonds. The first-order valence-corrected chi connectivity index (χ1v) is 6.19. The molecule has 0 aliphatic carbocycles. The first kappa shape index (κ1) is 12.9. The van der Waals surface area contributed by atoms with Crippen LogP contribution in [0.25, 0.3) is 0 Å². The summed E-state index contributed by atoms with van der Waals surface area (Å²) in [6, 6.07) is 17.2. The molecule has 0 saturated carbocycles. The molecule has 0 N–H and O–H groups in total. The molecule has 0 radical (unpaired) electrons. The van der Waals surface area contributed by atoms with E-state index in [-0.39, 0.29) is 6.29 Å². The van der Waals surface area contributed by atoms with Gasteiger partial charge in [0.2, 0.25) is 0 Å². The lowest BCUT2D eigenvalue weighted by Gasteiger charge is -2.15. The zero-order valence-electron chi connectivity index (χ0n) is 10.2. The quantitative estimate of drug-likeness (QED) is 0.749. The average Bonchev–Trinajstić information content (AvgIpc) is 2.39. The molecule has 0 saturated heterocycles. The fourth-order valence-corrected chi connectivity index (χ4v) is 1.64. The van der Waals surface area contributed by atoms with Crippen LogP contribution in [0, 0.1) is 0 Å². The number of halogens is 1. The minimum Gasteiger partial charge on any atom is -0.465 e. The average molecular weight is 263 g/mol. The molecule has 2 rings (SSSR count). The van der Waals surface area contributed by atoms with E-state index in [1.165, 1.54) is 0 Å². The van der Waals surface area contributed by atoms with Crippen molar-refractivity contribution < 1.29 is 9.47 Å². The molecule has 0 aliphatic rings. The van der Waals surface area contributed by atoms with Crippen molar-refractivity contribution in [1.29, 1.82) is 0 Å². The van der Waals surface area contributed by atoms with Crippen LogP contribution in [0.1, 0.15) is 12.5 Å². The van der Waals surface area contributed by atoms with Gasteiger partial charge in [0.25, 0.3) is 0 Å². The second-order valence-corrected chi connectivity index (χ2v) is 4.37. The highest BCUT2D eigenvalue weighted by Gasteiger charge is 2.04. The summed E-state index contributed by atoms with van der Waals surface area (Å²) in [6.07, 6.45) is -0.289. The molecule has 0 fully saturated rings. The van der Waals surface area contributed by atoms with Gasteiger partial charge in [-0.1, -0.05) is 41.9 Å². The predicted molar refractivity (Wildman–Crippen MR) is 72.8 cm³/mol. The van der Waals surface area contributed by atoms with E-state index < -0.39 is 0 Å². The summed E-state index contributed by atoms with van der Waals surface area (Å²) in [5, 5.41) is 0.729. The Morgan fingerprint density at radius 2 is 1.67 bits per heavy atom. The van der Waals surface area contributed by atoms with Crippen molar-refractivity contribution in [2.24, 2.45) is 0 Å². The number of hydrogen-bond acceptors (Lipinski definition) is 2. The van der Waals surface area contributed by atoms with E-state index in [0.29, 0.717) is 6.61 Å². The van der Waals surface area contributed by atoms with Gasteiger partial charge in [-0.25, -0.2) is 0 Å². The summed E-state index contributed by atoms with van der Waals surface area (Å²) in [6.45, 7) is 2.38. The minimum atomic E-state index is -0.289. The minimum absolute atomic E-state index is 0.289. The first-order valence-electron chi connectivity index (χ1n) is 5.82. The Morgan fingerprint density at radius 3 is 2.33 bits per heavy atom. The SMILES string of the molecule is CC(OCc1ccc(Cl)cc1)Oc1ccccc1. The van der Waals surface area contributed by atoms with E-state index >= 15 is 0 Å². The van der Waals surface area contributed by atoms with Crippen LogP contribution in [0.3, 0.4) is 0 Å². The van der Waals surface area contributed by atoms with Gasteiger partial charge in [0, 0.05) is 5.02 Å². The topological polar surface area (TPSA) is 18.5 Å². The van der Waals surface area contributed by atoms with Crippen LogP contribution in [0.15, 0.2) is 54.6 Å². The van der Waals surface area contributed by atoms with E-state index in [4.69, 9.17) is 21.1 Å². The Kier molecular flexibility index (Phi) is 4.62. The largest absolute Gasteiger partial charge is 0.465 e. The summed E-state index contributed by atoms with van der Waals surface area (Å²) in [5.74, 6) is 0.807. The highest BCUT2D eigenvalue weighted by Crippen LogP contribution is 2.14. The van der Waals surface area contributed by atoms with Crippen LogP contribution in [0.2, 0.25) is 5.02 Å². The van der Waals surface area contributed by atoms with E-state index in [9.17, 15) is 0 Å². The molecule has 1 unspecified atom stereocenters. The highest BCUT2D eigenvalue weighted by molar-refractivity contribution is 6.30. The van der Waals surface area contributed by atoms with Gasteiger partial charge in [-0.05, 0) is 36.8 Å². The van der Waals surface area contributed by atoms with E-state index in [2.05, 4.69) is 0 Å². The van der Waals surface area contributed by atoms with Crippen LogP contribution >= 0.6 is 11.6 Å². The number of benzene rings is 2. The van der Waals surface area contributed by atoms with Gasteiger partial charge in [-0.2, -0.15) is 0 Å². The molecule has 2 nitrogen and oxygen atoms in total. The van der Waals surface area contributed by atoms with Crippen LogP contribution in [-0.2, 0) is 11.3 Å². The maximum Gasteiger partial charge on any atom is 0.197 e. The summed E-state index contributed by atoms with van der Waals surface area (Å²) in [5.41, 5.74) is 1.07. The zero-order valence-corrected chi connectivity index (χ0v) is 10.9.